The van der Waals surface area contributed by atoms with Crippen LogP contribution in [0.3, 0.4) is 0 Å². The summed E-state index contributed by atoms with van der Waals surface area (Å²) in [6, 6.07) is 9.85. The minimum atomic E-state index is 0.381. The zero-order chi connectivity index (χ0) is 22.5. The molecule has 1 aromatic rings. The van der Waals surface area contributed by atoms with Crippen LogP contribution in [0.25, 0.3) is 0 Å². The maximum absolute atomic E-state index is 11.2. The molecule has 0 unspecified atom stereocenters. The molecule has 1 rings (SSSR count). The number of hydrogen-bond donors (Lipinski definition) is 1. The highest BCUT2D eigenvalue weighted by atomic mass is 35.5. The van der Waals surface area contributed by atoms with Gasteiger partial charge in [0.25, 0.3) is 0 Å². The van der Waals surface area contributed by atoms with Crippen LogP contribution < -0.4 is 0 Å². The van der Waals surface area contributed by atoms with E-state index in [2.05, 4.69) is 19.7 Å². The number of benzene rings is 1. The Bertz CT molecular complexity index is 661. The zero-order valence-electron chi connectivity index (χ0n) is 17.7. The summed E-state index contributed by atoms with van der Waals surface area (Å²) in [5.74, 6) is 0.558. The lowest BCUT2D eigenvalue weighted by Crippen LogP contribution is -2.02. The van der Waals surface area contributed by atoms with Gasteiger partial charge in [-0.3, -0.25) is 4.79 Å². The normalized spacial score (nSPS) is 10.5. The Balaban J connectivity index is 0. The molecule has 160 valence electrons. The van der Waals surface area contributed by atoms with Gasteiger partial charge in [-0.1, -0.05) is 86.3 Å². The molecule has 0 aliphatic rings. The lowest BCUT2D eigenvalue weighted by Gasteiger charge is -2.11. The van der Waals surface area contributed by atoms with Crippen molar-refractivity contribution in [2.45, 2.75) is 26.9 Å². The number of aldehydes is 1. The van der Waals surface area contributed by atoms with Crippen LogP contribution in [0.1, 0.15) is 25.8 Å². The molecule has 0 spiro atoms. The van der Waals surface area contributed by atoms with Gasteiger partial charge < -0.3 is 14.6 Å². The zero-order valence-corrected chi connectivity index (χ0v) is 18.5. The molecule has 0 saturated heterocycles. The van der Waals surface area contributed by atoms with E-state index in [1.54, 1.807) is 6.08 Å². The number of hydrogen-bond acceptors (Lipinski definition) is 4. The van der Waals surface area contributed by atoms with Crippen molar-refractivity contribution in [2.24, 2.45) is 0 Å². The quantitative estimate of drug-likeness (QED) is 0.124. The van der Waals surface area contributed by atoms with Crippen LogP contribution in [0.2, 0.25) is 0 Å². The van der Waals surface area contributed by atoms with E-state index < -0.39 is 0 Å². The Hall–Kier alpha value is -2.40. The second kappa shape index (κ2) is 20.3. The molecule has 0 saturated carbocycles. The standard InChI is InChI=1S/C19H24O3.C4H5Cl.CH4O/c1-4-8-18(13-20)19(11-12-21-14-16(2)3)22-15-17-9-6-5-7-10-17;1-3-4(2)5;1-2/h5-11,13H,2,4,12,14-15H2,1,3H3;3H,1-2H2;2H,1H3/b18-8-,19-11+;;. The summed E-state index contributed by atoms with van der Waals surface area (Å²) in [6.45, 7) is 15.6. The molecule has 0 amide bonds. The fourth-order valence-electron chi connectivity index (χ4n) is 1.79. The molecule has 29 heavy (non-hydrogen) atoms. The molecular weight excluding hydrogens is 388 g/mol. The van der Waals surface area contributed by atoms with E-state index in [1.807, 2.05) is 50.3 Å². The van der Waals surface area contributed by atoms with E-state index in [0.29, 0.717) is 36.2 Å². The van der Waals surface area contributed by atoms with Crippen LogP contribution >= 0.6 is 11.6 Å². The Morgan fingerprint density at radius 2 is 1.76 bits per heavy atom. The molecule has 0 aromatic heterocycles. The van der Waals surface area contributed by atoms with Crippen molar-refractivity contribution in [3.8, 4) is 0 Å². The average Bonchev–Trinajstić information content (AvgIpc) is 2.74. The van der Waals surface area contributed by atoms with E-state index in [9.17, 15) is 4.79 Å². The first-order valence-electron chi connectivity index (χ1n) is 9.10. The molecule has 0 aliphatic heterocycles. The summed E-state index contributed by atoms with van der Waals surface area (Å²) in [6.07, 6.45) is 6.72. The second-order valence-electron chi connectivity index (χ2n) is 5.65. The Morgan fingerprint density at radius 1 is 1.17 bits per heavy atom. The third-order valence-electron chi connectivity index (χ3n) is 3.03. The third-order valence-corrected chi connectivity index (χ3v) is 3.18. The van der Waals surface area contributed by atoms with Gasteiger partial charge in [0, 0.05) is 12.1 Å². The van der Waals surface area contributed by atoms with Gasteiger partial charge in [-0.05, 0) is 25.0 Å². The SMILES string of the molecule is C=C(C)COC/C=C(OCc1ccccc1)\C(C=O)=C/CC.C=CC(=C)Cl.CO. The Labute approximate surface area is 180 Å². The predicted molar refractivity (Wildman–Crippen MR) is 123 cm³/mol. The van der Waals surface area contributed by atoms with E-state index in [4.69, 9.17) is 26.2 Å². The highest BCUT2D eigenvalue weighted by Crippen LogP contribution is 2.14. The van der Waals surface area contributed by atoms with Gasteiger partial charge in [0.05, 0.1) is 18.8 Å². The fourth-order valence-corrected chi connectivity index (χ4v) is 1.79. The molecule has 0 bridgehead atoms. The number of allylic oxidation sites excluding steroid dienone is 4. The lowest BCUT2D eigenvalue weighted by atomic mass is 10.2. The minimum Gasteiger partial charge on any atom is -0.488 e. The number of aliphatic hydroxyl groups is 1. The highest BCUT2D eigenvalue weighted by Gasteiger charge is 2.06. The fraction of sp³-hybridized carbons (Fsp3) is 0.292. The summed E-state index contributed by atoms with van der Waals surface area (Å²) < 4.78 is 11.3. The van der Waals surface area contributed by atoms with Crippen LogP contribution in [0.15, 0.2) is 90.2 Å². The number of halogens is 1. The molecule has 0 fully saturated rings. The van der Waals surface area contributed by atoms with Crippen molar-refractivity contribution < 1.29 is 19.4 Å². The second-order valence-corrected chi connectivity index (χ2v) is 6.14. The van der Waals surface area contributed by atoms with Crippen LogP contribution in [0.5, 0.6) is 0 Å². The molecule has 5 heteroatoms. The molecule has 0 radical (unpaired) electrons. The summed E-state index contributed by atoms with van der Waals surface area (Å²) in [5.41, 5.74) is 2.57. The first kappa shape index (κ1) is 28.8. The lowest BCUT2D eigenvalue weighted by molar-refractivity contribution is -0.105. The topological polar surface area (TPSA) is 55.8 Å². The van der Waals surface area contributed by atoms with Crippen molar-refractivity contribution in [1.82, 2.24) is 0 Å². The van der Waals surface area contributed by atoms with Gasteiger partial charge in [0.1, 0.15) is 12.4 Å². The number of aliphatic hydroxyl groups excluding tert-OH is 1. The number of carbonyl (C=O) groups is 1. The van der Waals surface area contributed by atoms with E-state index in [1.165, 1.54) is 6.08 Å². The maximum Gasteiger partial charge on any atom is 0.153 e. The average molecular weight is 421 g/mol. The van der Waals surface area contributed by atoms with Gasteiger partial charge in [-0.25, -0.2) is 0 Å². The molecular formula is C24H33ClO4. The van der Waals surface area contributed by atoms with Crippen molar-refractivity contribution >= 4 is 17.9 Å². The van der Waals surface area contributed by atoms with Crippen molar-refractivity contribution in [1.29, 1.82) is 0 Å². The minimum absolute atomic E-state index is 0.381. The molecule has 1 aromatic carbocycles. The Morgan fingerprint density at radius 3 is 2.21 bits per heavy atom. The summed E-state index contributed by atoms with van der Waals surface area (Å²) in [4.78, 5) is 11.2. The predicted octanol–water partition coefficient (Wildman–Crippen LogP) is 5.75. The van der Waals surface area contributed by atoms with Crippen molar-refractivity contribution in [3.63, 3.8) is 0 Å². The largest absolute Gasteiger partial charge is 0.488 e. The molecule has 1 N–H and O–H groups in total. The molecule has 4 nitrogen and oxygen atoms in total. The number of ether oxygens (including phenoxy) is 2. The van der Waals surface area contributed by atoms with E-state index in [-0.39, 0.29) is 0 Å². The van der Waals surface area contributed by atoms with Crippen LogP contribution in [0, 0.1) is 0 Å². The molecule has 0 atom stereocenters. The van der Waals surface area contributed by atoms with Gasteiger partial charge in [0.15, 0.2) is 6.29 Å². The monoisotopic (exact) mass is 420 g/mol. The van der Waals surface area contributed by atoms with Gasteiger partial charge in [-0.15, -0.1) is 0 Å². The summed E-state index contributed by atoms with van der Waals surface area (Å²) in [5, 5.41) is 7.49. The van der Waals surface area contributed by atoms with Gasteiger partial charge in [0.2, 0.25) is 0 Å². The van der Waals surface area contributed by atoms with E-state index in [0.717, 1.165) is 31.0 Å². The smallest absolute Gasteiger partial charge is 0.153 e. The van der Waals surface area contributed by atoms with Gasteiger partial charge >= 0.3 is 0 Å². The summed E-state index contributed by atoms with van der Waals surface area (Å²) >= 11 is 5.15. The van der Waals surface area contributed by atoms with Gasteiger partial charge in [-0.2, -0.15) is 0 Å². The summed E-state index contributed by atoms with van der Waals surface area (Å²) in [7, 11) is 1.00. The first-order valence-corrected chi connectivity index (χ1v) is 9.48. The van der Waals surface area contributed by atoms with E-state index >= 15 is 0 Å². The number of rotatable bonds is 11. The van der Waals surface area contributed by atoms with Crippen LogP contribution in [-0.4, -0.2) is 31.7 Å². The highest BCUT2D eigenvalue weighted by molar-refractivity contribution is 6.30. The number of carbonyl (C=O) groups excluding carboxylic acids is 1. The molecule has 0 heterocycles. The van der Waals surface area contributed by atoms with Crippen molar-refractivity contribution in [2.75, 3.05) is 20.3 Å². The van der Waals surface area contributed by atoms with Crippen LogP contribution in [0.4, 0.5) is 0 Å². The third kappa shape index (κ3) is 17.4. The molecule has 0 aliphatic carbocycles. The van der Waals surface area contributed by atoms with Crippen LogP contribution in [-0.2, 0) is 20.9 Å². The van der Waals surface area contributed by atoms with Crippen molar-refractivity contribution in [3.05, 3.63) is 95.8 Å². The maximum atomic E-state index is 11.2. The first-order chi connectivity index (χ1) is 13.9. The Kier molecular flexibility index (Phi) is 20.2.